The lowest BCUT2D eigenvalue weighted by molar-refractivity contribution is 0.0409. The van der Waals surface area contributed by atoms with Gasteiger partial charge in [-0.2, -0.15) is 5.10 Å². The van der Waals surface area contributed by atoms with Crippen LogP contribution in [0.4, 0.5) is 10.6 Å². The van der Waals surface area contributed by atoms with Gasteiger partial charge < -0.3 is 19.4 Å². The molecule has 26 heavy (non-hydrogen) atoms. The number of carbonyl (C=O) groups excluding carboxylic acids is 1. The average molecular weight is 361 g/mol. The molecule has 0 atom stereocenters. The number of urea groups is 1. The summed E-state index contributed by atoms with van der Waals surface area (Å²) in [7, 11) is 1.93. The smallest absolute Gasteiger partial charge is 0.320 e. The highest BCUT2D eigenvalue weighted by Gasteiger charge is 2.29. The second-order valence-electron chi connectivity index (χ2n) is 8.24. The van der Waals surface area contributed by atoms with E-state index < -0.39 is 0 Å². The van der Waals surface area contributed by atoms with E-state index in [1.165, 1.54) is 0 Å². The van der Waals surface area contributed by atoms with E-state index in [1.54, 1.807) is 0 Å². The van der Waals surface area contributed by atoms with Crippen LogP contribution in [0.25, 0.3) is 0 Å². The molecule has 0 aliphatic carbocycles. The van der Waals surface area contributed by atoms with Crippen LogP contribution in [-0.2, 0) is 10.2 Å². The maximum absolute atomic E-state index is 12.6. The van der Waals surface area contributed by atoms with Crippen LogP contribution in [0, 0.1) is 0 Å². The summed E-state index contributed by atoms with van der Waals surface area (Å²) in [4.78, 5) is 18.7. The van der Waals surface area contributed by atoms with Gasteiger partial charge in [0.05, 0.1) is 18.9 Å². The number of anilines is 1. The van der Waals surface area contributed by atoms with Gasteiger partial charge in [-0.25, -0.2) is 4.79 Å². The van der Waals surface area contributed by atoms with Gasteiger partial charge in [-0.3, -0.25) is 0 Å². The van der Waals surface area contributed by atoms with Crippen molar-refractivity contribution in [1.29, 1.82) is 0 Å². The summed E-state index contributed by atoms with van der Waals surface area (Å²) in [5, 5.41) is 8.81. The molecular weight excluding hydrogens is 330 g/mol. The number of piperidine rings is 1. The first-order valence-electron chi connectivity index (χ1n) is 9.55. The predicted octanol–water partition coefficient (Wildman–Crippen LogP) is 2.13. The van der Waals surface area contributed by atoms with Crippen molar-refractivity contribution in [3.05, 3.63) is 17.8 Å². The van der Waals surface area contributed by atoms with Gasteiger partial charge in [0.15, 0.2) is 5.82 Å². The fourth-order valence-corrected chi connectivity index (χ4v) is 3.51. The van der Waals surface area contributed by atoms with Crippen LogP contribution < -0.4 is 4.90 Å². The fourth-order valence-electron chi connectivity index (χ4n) is 3.51. The molecular formula is C19H31N5O2. The number of nitrogens with zero attached hydrogens (tertiary/aromatic N) is 5. The van der Waals surface area contributed by atoms with E-state index in [4.69, 9.17) is 4.74 Å². The lowest BCUT2D eigenvalue weighted by Crippen LogP contribution is -2.52. The summed E-state index contributed by atoms with van der Waals surface area (Å²) in [5.74, 6) is 0.929. The zero-order valence-electron chi connectivity index (χ0n) is 16.4. The van der Waals surface area contributed by atoms with Crippen LogP contribution in [0.1, 0.15) is 39.3 Å². The van der Waals surface area contributed by atoms with Crippen molar-refractivity contribution < 1.29 is 9.53 Å². The zero-order valence-corrected chi connectivity index (χ0v) is 16.4. The molecule has 0 radical (unpaired) electrons. The Balaban J connectivity index is 1.54. The van der Waals surface area contributed by atoms with E-state index in [-0.39, 0.29) is 17.5 Å². The molecule has 2 aliphatic heterocycles. The molecule has 0 spiro atoms. The third-order valence-corrected chi connectivity index (χ3v) is 5.34. The Bertz CT molecular complexity index is 599. The van der Waals surface area contributed by atoms with Crippen molar-refractivity contribution in [2.24, 2.45) is 0 Å². The molecule has 7 nitrogen and oxygen atoms in total. The second-order valence-corrected chi connectivity index (χ2v) is 8.24. The van der Waals surface area contributed by atoms with Gasteiger partial charge in [-0.05, 0) is 25.0 Å². The Hall–Kier alpha value is -1.89. The van der Waals surface area contributed by atoms with Gasteiger partial charge in [0.25, 0.3) is 0 Å². The van der Waals surface area contributed by atoms with Crippen molar-refractivity contribution in [3.63, 3.8) is 0 Å². The van der Waals surface area contributed by atoms with Gasteiger partial charge in [0.2, 0.25) is 0 Å². The molecule has 0 unspecified atom stereocenters. The molecule has 0 aromatic carbocycles. The highest BCUT2D eigenvalue weighted by atomic mass is 16.5. The first kappa shape index (κ1) is 18.9. The van der Waals surface area contributed by atoms with Crippen molar-refractivity contribution >= 4 is 11.8 Å². The highest BCUT2D eigenvalue weighted by Crippen LogP contribution is 2.24. The minimum Gasteiger partial charge on any atom is -0.378 e. The van der Waals surface area contributed by atoms with E-state index >= 15 is 0 Å². The standard InChI is InChI=1S/C19H31N5O2/c1-19(2,3)16-5-6-17(21-20-16)23-9-7-15(8-10-23)22(4)18(25)24-11-13-26-14-12-24/h5-6,15H,7-14H2,1-4H3. The van der Waals surface area contributed by atoms with Gasteiger partial charge in [-0.1, -0.05) is 20.8 Å². The van der Waals surface area contributed by atoms with E-state index in [9.17, 15) is 4.79 Å². The monoisotopic (exact) mass is 361 g/mol. The SMILES string of the molecule is CN(C(=O)N1CCOCC1)C1CCN(c2ccc(C(C)(C)C)nn2)CC1. The van der Waals surface area contributed by atoms with Crippen molar-refractivity contribution in [3.8, 4) is 0 Å². The maximum Gasteiger partial charge on any atom is 0.320 e. The number of hydrogen-bond acceptors (Lipinski definition) is 5. The molecule has 3 rings (SSSR count). The zero-order chi connectivity index (χ0) is 18.7. The summed E-state index contributed by atoms with van der Waals surface area (Å²) < 4.78 is 5.34. The highest BCUT2D eigenvalue weighted by molar-refractivity contribution is 5.74. The van der Waals surface area contributed by atoms with Crippen molar-refractivity contribution in [2.75, 3.05) is 51.3 Å². The van der Waals surface area contributed by atoms with Crippen LogP contribution >= 0.6 is 0 Å². The predicted molar refractivity (Wildman–Crippen MR) is 102 cm³/mol. The van der Waals surface area contributed by atoms with E-state index in [0.717, 1.165) is 37.4 Å². The first-order valence-corrected chi connectivity index (χ1v) is 9.55. The molecule has 1 aromatic rings. The summed E-state index contributed by atoms with van der Waals surface area (Å²) in [6.07, 6.45) is 1.91. The lowest BCUT2D eigenvalue weighted by atomic mass is 9.92. The molecule has 2 fully saturated rings. The topological polar surface area (TPSA) is 61.8 Å². The minimum absolute atomic E-state index is 0.0150. The quantitative estimate of drug-likeness (QED) is 0.807. The van der Waals surface area contributed by atoms with Gasteiger partial charge in [-0.15, -0.1) is 5.10 Å². The van der Waals surface area contributed by atoms with Crippen LogP contribution in [0.2, 0.25) is 0 Å². The molecule has 2 saturated heterocycles. The number of rotatable bonds is 2. The summed E-state index contributed by atoms with van der Waals surface area (Å²) in [6.45, 7) is 10.9. The summed E-state index contributed by atoms with van der Waals surface area (Å²) >= 11 is 0. The van der Waals surface area contributed by atoms with Crippen LogP contribution in [-0.4, -0.2) is 78.5 Å². The van der Waals surface area contributed by atoms with E-state index in [2.05, 4.69) is 48.0 Å². The lowest BCUT2D eigenvalue weighted by Gasteiger charge is -2.39. The van der Waals surface area contributed by atoms with Crippen molar-refractivity contribution in [1.82, 2.24) is 20.0 Å². The molecule has 0 N–H and O–H groups in total. The number of morpholine rings is 1. The van der Waals surface area contributed by atoms with Crippen LogP contribution in [0.5, 0.6) is 0 Å². The number of aromatic nitrogens is 2. The number of carbonyl (C=O) groups is 1. The largest absolute Gasteiger partial charge is 0.378 e. The number of ether oxygens (including phenoxy) is 1. The third-order valence-electron chi connectivity index (χ3n) is 5.34. The molecule has 1 aromatic heterocycles. The summed E-state index contributed by atoms with van der Waals surface area (Å²) in [5.41, 5.74) is 1.02. The third kappa shape index (κ3) is 4.26. The molecule has 0 bridgehead atoms. The Morgan fingerprint density at radius 1 is 1.12 bits per heavy atom. The van der Waals surface area contributed by atoms with Gasteiger partial charge in [0.1, 0.15) is 0 Å². The molecule has 2 amide bonds. The number of amides is 2. The second kappa shape index (κ2) is 7.78. The molecule has 144 valence electrons. The summed E-state index contributed by atoms with van der Waals surface area (Å²) in [6, 6.07) is 4.54. The van der Waals surface area contributed by atoms with Crippen LogP contribution in [0.3, 0.4) is 0 Å². The Morgan fingerprint density at radius 2 is 1.77 bits per heavy atom. The molecule has 2 aliphatic rings. The molecule has 7 heteroatoms. The van der Waals surface area contributed by atoms with E-state index in [0.29, 0.717) is 26.3 Å². The van der Waals surface area contributed by atoms with Gasteiger partial charge >= 0.3 is 6.03 Å². The Kier molecular flexibility index (Phi) is 5.65. The molecule has 0 saturated carbocycles. The Labute approximate surface area is 156 Å². The average Bonchev–Trinajstić information content (AvgIpc) is 2.67. The van der Waals surface area contributed by atoms with Crippen molar-refractivity contribution in [2.45, 2.75) is 45.1 Å². The first-order chi connectivity index (χ1) is 12.4. The van der Waals surface area contributed by atoms with E-state index in [1.807, 2.05) is 16.8 Å². The fraction of sp³-hybridized carbons (Fsp3) is 0.737. The minimum atomic E-state index is 0.0150. The van der Waals surface area contributed by atoms with Crippen LogP contribution in [0.15, 0.2) is 12.1 Å². The maximum atomic E-state index is 12.6. The molecule has 3 heterocycles. The van der Waals surface area contributed by atoms with Gasteiger partial charge in [0, 0.05) is 44.7 Å². The normalized spacial score (nSPS) is 19.5. The number of hydrogen-bond donors (Lipinski definition) is 0. The Morgan fingerprint density at radius 3 is 2.31 bits per heavy atom.